The van der Waals surface area contributed by atoms with Crippen molar-refractivity contribution in [2.75, 3.05) is 44.7 Å². The zero-order valence-corrected chi connectivity index (χ0v) is 13.6. The number of morpholine rings is 1. The van der Waals surface area contributed by atoms with Gasteiger partial charge in [-0.1, -0.05) is 29.8 Å². The Labute approximate surface area is 139 Å². The van der Waals surface area contributed by atoms with Crippen molar-refractivity contribution in [1.29, 1.82) is 0 Å². The maximum atomic E-state index is 12.4. The number of ether oxygens (including phenoxy) is 1. The van der Waals surface area contributed by atoms with Crippen LogP contribution in [-0.2, 0) is 4.74 Å². The Bertz CT molecular complexity index is 699. The zero-order valence-electron chi connectivity index (χ0n) is 12.8. The monoisotopic (exact) mass is 335 g/mol. The number of anilines is 1. The van der Waals surface area contributed by atoms with E-state index in [1.165, 1.54) is 9.58 Å². The molecule has 2 heterocycles. The molecule has 2 aromatic rings. The number of nitrogens with one attached hydrogen (secondary N) is 2. The summed E-state index contributed by atoms with van der Waals surface area (Å²) < 4.78 is 6.64. The topological polar surface area (TPSA) is 60.6 Å². The Balaban J connectivity index is 1.67. The first kappa shape index (κ1) is 16.0. The fourth-order valence-corrected chi connectivity index (χ4v) is 2.79. The molecular formula is C16H20ClN4O2+. The summed E-state index contributed by atoms with van der Waals surface area (Å²) in [5.41, 5.74) is 0.960. The van der Waals surface area contributed by atoms with Gasteiger partial charge in [0.15, 0.2) is 0 Å². The smallest absolute Gasteiger partial charge is 0.292 e. The van der Waals surface area contributed by atoms with Crippen LogP contribution in [0.3, 0.4) is 0 Å². The van der Waals surface area contributed by atoms with Crippen molar-refractivity contribution >= 4 is 17.3 Å². The molecule has 1 aliphatic rings. The first-order chi connectivity index (χ1) is 11.3. The quantitative estimate of drug-likeness (QED) is 0.820. The fraction of sp³-hybridized carbons (Fsp3) is 0.375. The van der Waals surface area contributed by atoms with E-state index in [-0.39, 0.29) is 10.6 Å². The van der Waals surface area contributed by atoms with Crippen molar-refractivity contribution in [3.05, 3.63) is 51.9 Å². The van der Waals surface area contributed by atoms with Gasteiger partial charge < -0.3 is 15.0 Å². The molecule has 0 saturated carbocycles. The summed E-state index contributed by atoms with van der Waals surface area (Å²) in [4.78, 5) is 13.9. The average Bonchev–Trinajstić information content (AvgIpc) is 2.60. The molecule has 0 amide bonds. The van der Waals surface area contributed by atoms with Crippen LogP contribution in [0.5, 0.6) is 0 Å². The third-order valence-electron chi connectivity index (χ3n) is 3.91. The van der Waals surface area contributed by atoms with Crippen LogP contribution in [0.1, 0.15) is 0 Å². The third kappa shape index (κ3) is 3.90. The number of halogens is 1. The molecule has 7 heteroatoms. The lowest BCUT2D eigenvalue weighted by molar-refractivity contribution is -0.906. The summed E-state index contributed by atoms with van der Waals surface area (Å²) in [6.45, 7) is 5.36. The molecule has 0 bridgehead atoms. The molecule has 0 unspecified atom stereocenters. The van der Waals surface area contributed by atoms with Crippen LogP contribution >= 0.6 is 11.6 Å². The van der Waals surface area contributed by atoms with E-state index in [1.807, 2.05) is 30.3 Å². The minimum Gasteiger partial charge on any atom is -0.377 e. The molecule has 1 aliphatic heterocycles. The molecule has 0 atom stereocenters. The van der Waals surface area contributed by atoms with Gasteiger partial charge in [0.25, 0.3) is 5.56 Å². The van der Waals surface area contributed by atoms with Gasteiger partial charge in [-0.2, -0.15) is 9.78 Å². The van der Waals surface area contributed by atoms with Crippen molar-refractivity contribution in [3.8, 4) is 5.69 Å². The highest BCUT2D eigenvalue weighted by Gasteiger charge is 2.14. The van der Waals surface area contributed by atoms with Gasteiger partial charge in [-0.15, -0.1) is 0 Å². The lowest BCUT2D eigenvalue weighted by Gasteiger charge is -2.23. The van der Waals surface area contributed by atoms with Gasteiger partial charge in [0.2, 0.25) is 0 Å². The molecule has 1 aromatic heterocycles. The van der Waals surface area contributed by atoms with E-state index < -0.39 is 0 Å². The molecule has 1 saturated heterocycles. The second-order valence-corrected chi connectivity index (χ2v) is 5.84. The summed E-state index contributed by atoms with van der Waals surface area (Å²) in [6.07, 6.45) is 1.60. The largest absolute Gasteiger partial charge is 0.377 e. The number of hydrogen-bond acceptors (Lipinski definition) is 4. The highest BCUT2D eigenvalue weighted by atomic mass is 35.5. The van der Waals surface area contributed by atoms with E-state index in [9.17, 15) is 4.79 Å². The number of benzene rings is 1. The van der Waals surface area contributed by atoms with Crippen LogP contribution in [0, 0.1) is 0 Å². The molecule has 0 spiro atoms. The van der Waals surface area contributed by atoms with Crippen LogP contribution in [-0.4, -0.2) is 49.2 Å². The first-order valence-corrected chi connectivity index (χ1v) is 8.12. The fourth-order valence-electron chi connectivity index (χ4n) is 2.59. The van der Waals surface area contributed by atoms with Crippen molar-refractivity contribution in [2.24, 2.45) is 0 Å². The number of hydrogen-bond donors (Lipinski definition) is 2. The van der Waals surface area contributed by atoms with Crippen LogP contribution < -0.4 is 15.8 Å². The molecule has 0 aliphatic carbocycles. The van der Waals surface area contributed by atoms with Crippen molar-refractivity contribution in [1.82, 2.24) is 9.78 Å². The number of para-hydroxylation sites is 1. The van der Waals surface area contributed by atoms with E-state index in [0.717, 1.165) is 39.4 Å². The number of rotatable bonds is 5. The number of quaternary nitrogens is 1. The molecular weight excluding hydrogens is 316 g/mol. The molecule has 1 fully saturated rings. The maximum Gasteiger partial charge on any atom is 0.292 e. The summed E-state index contributed by atoms with van der Waals surface area (Å²) in [5, 5.41) is 7.58. The van der Waals surface area contributed by atoms with Crippen LogP contribution in [0.2, 0.25) is 5.02 Å². The lowest BCUT2D eigenvalue weighted by Crippen LogP contribution is -3.14. The molecule has 23 heavy (non-hydrogen) atoms. The highest BCUT2D eigenvalue weighted by Crippen LogP contribution is 2.16. The van der Waals surface area contributed by atoms with Gasteiger partial charge in [0.1, 0.15) is 18.1 Å². The van der Waals surface area contributed by atoms with E-state index >= 15 is 0 Å². The summed E-state index contributed by atoms with van der Waals surface area (Å²) >= 11 is 6.21. The molecule has 2 N–H and O–H groups in total. The van der Waals surface area contributed by atoms with Gasteiger partial charge in [-0.05, 0) is 12.1 Å². The van der Waals surface area contributed by atoms with Gasteiger partial charge in [0, 0.05) is 0 Å². The van der Waals surface area contributed by atoms with Crippen LogP contribution in [0.25, 0.3) is 5.69 Å². The Hall–Kier alpha value is -1.89. The Morgan fingerprint density at radius 2 is 2.00 bits per heavy atom. The Kier molecular flexibility index (Phi) is 5.27. The minimum atomic E-state index is -0.318. The number of aromatic nitrogens is 2. The van der Waals surface area contributed by atoms with Gasteiger partial charge in [-0.3, -0.25) is 4.79 Å². The van der Waals surface area contributed by atoms with E-state index in [4.69, 9.17) is 16.3 Å². The van der Waals surface area contributed by atoms with E-state index in [1.54, 1.807) is 6.20 Å². The lowest BCUT2D eigenvalue weighted by atomic mass is 10.3. The second kappa shape index (κ2) is 7.59. The second-order valence-electron chi connectivity index (χ2n) is 5.46. The van der Waals surface area contributed by atoms with E-state index in [0.29, 0.717) is 11.4 Å². The van der Waals surface area contributed by atoms with Crippen molar-refractivity contribution in [2.45, 2.75) is 0 Å². The summed E-state index contributed by atoms with van der Waals surface area (Å²) in [5.74, 6) is 0. The molecule has 0 radical (unpaired) electrons. The standard InChI is InChI=1S/C16H19ClN4O2/c17-15-14(18-6-7-20-8-10-23-11-9-20)12-19-21(16(15)22)13-4-2-1-3-5-13/h1-5,12,18H,6-11H2/p+1. The SMILES string of the molecule is O=c1c(Cl)c(NCC[NH+]2CCOCC2)cnn1-c1ccccc1. The zero-order chi connectivity index (χ0) is 16.1. The van der Waals surface area contributed by atoms with Crippen molar-refractivity contribution in [3.63, 3.8) is 0 Å². The number of nitrogens with zero attached hydrogens (tertiary/aromatic N) is 2. The molecule has 1 aromatic carbocycles. The average molecular weight is 336 g/mol. The van der Waals surface area contributed by atoms with Crippen LogP contribution in [0.4, 0.5) is 5.69 Å². The maximum absolute atomic E-state index is 12.4. The van der Waals surface area contributed by atoms with E-state index in [2.05, 4.69) is 10.4 Å². The summed E-state index contributed by atoms with van der Waals surface area (Å²) in [7, 11) is 0. The molecule has 3 rings (SSSR count). The predicted molar refractivity (Wildman–Crippen MR) is 89.7 cm³/mol. The Morgan fingerprint density at radius 3 is 2.74 bits per heavy atom. The predicted octanol–water partition coefficient (Wildman–Crippen LogP) is 0.213. The normalized spacial score (nSPS) is 15.5. The molecule has 6 nitrogen and oxygen atoms in total. The third-order valence-corrected chi connectivity index (χ3v) is 4.28. The first-order valence-electron chi connectivity index (χ1n) is 7.74. The molecule has 122 valence electrons. The summed E-state index contributed by atoms with van der Waals surface area (Å²) in [6, 6.07) is 9.24. The van der Waals surface area contributed by atoms with Crippen molar-refractivity contribution < 1.29 is 9.64 Å². The van der Waals surface area contributed by atoms with Gasteiger partial charge >= 0.3 is 0 Å². The van der Waals surface area contributed by atoms with Crippen LogP contribution in [0.15, 0.2) is 41.3 Å². The highest BCUT2D eigenvalue weighted by molar-refractivity contribution is 6.32. The van der Waals surface area contributed by atoms with Gasteiger partial charge in [-0.25, -0.2) is 0 Å². The minimum absolute atomic E-state index is 0.167. The van der Waals surface area contributed by atoms with Gasteiger partial charge in [0.05, 0.1) is 43.9 Å². The Morgan fingerprint density at radius 1 is 1.26 bits per heavy atom.